The van der Waals surface area contributed by atoms with Gasteiger partial charge in [0.15, 0.2) is 11.5 Å². The van der Waals surface area contributed by atoms with Gasteiger partial charge >= 0.3 is 0 Å². The van der Waals surface area contributed by atoms with Crippen molar-refractivity contribution in [1.82, 2.24) is 4.31 Å². The number of nitrogens with zero attached hydrogens (tertiary/aromatic N) is 2. The molecule has 4 rings (SSSR count). The Balaban J connectivity index is 1.59. The van der Waals surface area contributed by atoms with Gasteiger partial charge in [-0.1, -0.05) is 24.9 Å². The van der Waals surface area contributed by atoms with Crippen LogP contribution < -0.4 is 14.4 Å². The van der Waals surface area contributed by atoms with Crippen molar-refractivity contribution in [3.05, 3.63) is 46.5 Å². The van der Waals surface area contributed by atoms with E-state index in [0.29, 0.717) is 59.6 Å². The van der Waals surface area contributed by atoms with Crippen LogP contribution >= 0.6 is 11.6 Å². The Morgan fingerprint density at radius 2 is 1.85 bits per heavy atom. The Bertz CT molecular complexity index is 1150. The molecule has 7 nitrogen and oxygen atoms in total. The first-order valence-electron chi connectivity index (χ1n) is 11.3. The smallest absolute Gasteiger partial charge is 0.258 e. The second kappa shape index (κ2) is 9.91. The first-order valence-corrected chi connectivity index (χ1v) is 13.1. The van der Waals surface area contributed by atoms with Gasteiger partial charge in [-0.15, -0.1) is 0 Å². The van der Waals surface area contributed by atoms with E-state index in [1.54, 1.807) is 39.5 Å². The molecule has 2 aliphatic heterocycles. The summed E-state index contributed by atoms with van der Waals surface area (Å²) in [6.45, 7) is 4.07. The van der Waals surface area contributed by atoms with E-state index >= 15 is 0 Å². The number of carbonyl (C=O) groups excluding carboxylic acids is 1. The standard InChI is InChI=1S/C24H29ClN2O5S/c1-3-13-32-23-20(25)15-18(16-22(23)31-2)24(28)27-12-9-17-14-19(7-8-21(17)27)33(29,30)26-10-5-4-6-11-26/h7-8,14-16H,3-6,9-13H2,1-2H3. The number of ether oxygens (including phenoxy) is 2. The molecular weight excluding hydrogens is 464 g/mol. The lowest BCUT2D eigenvalue weighted by molar-refractivity contribution is 0.0989. The molecule has 0 bridgehead atoms. The highest BCUT2D eigenvalue weighted by Crippen LogP contribution is 2.38. The predicted octanol–water partition coefficient (Wildman–Crippen LogP) is 4.51. The number of piperidine rings is 1. The molecule has 178 valence electrons. The van der Waals surface area contributed by atoms with Crippen molar-refractivity contribution in [3.8, 4) is 11.5 Å². The van der Waals surface area contributed by atoms with E-state index in [1.807, 2.05) is 6.92 Å². The minimum absolute atomic E-state index is 0.220. The highest BCUT2D eigenvalue weighted by Gasteiger charge is 2.31. The number of amides is 1. The average molecular weight is 493 g/mol. The third-order valence-corrected chi connectivity index (χ3v) is 8.25. The van der Waals surface area contributed by atoms with Crippen molar-refractivity contribution in [1.29, 1.82) is 0 Å². The van der Waals surface area contributed by atoms with E-state index in [2.05, 4.69) is 0 Å². The van der Waals surface area contributed by atoms with Crippen LogP contribution in [0.3, 0.4) is 0 Å². The zero-order valence-electron chi connectivity index (χ0n) is 19.0. The summed E-state index contributed by atoms with van der Waals surface area (Å²) in [5, 5.41) is 0.313. The molecule has 0 unspecified atom stereocenters. The monoisotopic (exact) mass is 492 g/mol. The second-order valence-corrected chi connectivity index (χ2v) is 10.6. The predicted molar refractivity (Wildman–Crippen MR) is 128 cm³/mol. The highest BCUT2D eigenvalue weighted by atomic mass is 35.5. The van der Waals surface area contributed by atoms with Crippen LogP contribution in [0.4, 0.5) is 5.69 Å². The summed E-state index contributed by atoms with van der Waals surface area (Å²) in [7, 11) is -2.01. The third-order valence-electron chi connectivity index (χ3n) is 6.07. The zero-order chi connectivity index (χ0) is 23.6. The lowest BCUT2D eigenvalue weighted by Gasteiger charge is -2.26. The summed E-state index contributed by atoms with van der Waals surface area (Å²) in [5.41, 5.74) is 1.96. The lowest BCUT2D eigenvalue weighted by Crippen LogP contribution is -2.35. The number of methoxy groups -OCH3 is 1. The van der Waals surface area contributed by atoms with E-state index in [0.717, 1.165) is 36.9 Å². The SMILES string of the molecule is CCCOc1c(Cl)cc(C(=O)N2CCc3cc(S(=O)(=O)N4CCCCC4)ccc32)cc1OC. The Morgan fingerprint density at radius 1 is 1.09 bits per heavy atom. The summed E-state index contributed by atoms with van der Waals surface area (Å²) in [5.74, 6) is 0.608. The summed E-state index contributed by atoms with van der Waals surface area (Å²) in [6.07, 6.45) is 4.25. The molecule has 0 aromatic heterocycles. The van der Waals surface area contributed by atoms with Gasteiger partial charge in [0.05, 0.1) is 23.6 Å². The number of benzene rings is 2. The Hall–Kier alpha value is -2.29. The van der Waals surface area contributed by atoms with E-state index in [9.17, 15) is 13.2 Å². The fraction of sp³-hybridized carbons (Fsp3) is 0.458. The van der Waals surface area contributed by atoms with Gasteiger partial charge in [0.2, 0.25) is 10.0 Å². The molecule has 0 saturated carbocycles. The highest BCUT2D eigenvalue weighted by molar-refractivity contribution is 7.89. The van der Waals surface area contributed by atoms with Crippen molar-refractivity contribution in [3.63, 3.8) is 0 Å². The van der Waals surface area contributed by atoms with Crippen LogP contribution in [0.15, 0.2) is 35.2 Å². The van der Waals surface area contributed by atoms with Gasteiger partial charge in [-0.2, -0.15) is 4.31 Å². The van der Waals surface area contributed by atoms with Gasteiger partial charge in [-0.05, 0) is 61.6 Å². The summed E-state index contributed by atoms with van der Waals surface area (Å²) < 4.78 is 38.7. The molecule has 2 aromatic rings. The lowest BCUT2D eigenvalue weighted by atomic mass is 10.1. The zero-order valence-corrected chi connectivity index (χ0v) is 20.5. The van der Waals surface area contributed by atoms with Crippen LogP contribution in [0.2, 0.25) is 5.02 Å². The topological polar surface area (TPSA) is 76.2 Å². The molecule has 0 spiro atoms. The normalized spacial score (nSPS) is 16.5. The quantitative estimate of drug-likeness (QED) is 0.568. The number of rotatable bonds is 7. The molecule has 0 radical (unpaired) electrons. The Kier molecular flexibility index (Phi) is 7.16. The fourth-order valence-corrected chi connectivity index (χ4v) is 6.18. The van der Waals surface area contributed by atoms with Gasteiger partial charge in [-0.25, -0.2) is 8.42 Å². The number of hydrogen-bond donors (Lipinski definition) is 0. The van der Waals surface area contributed by atoms with Crippen LogP contribution in [-0.2, 0) is 16.4 Å². The maximum absolute atomic E-state index is 13.3. The van der Waals surface area contributed by atoms with Gasteiger partial charge in [0.25, 0.3) is 5.91 Å². The van der Waals surface area contributed by atoms with Crippen LogP contribution in [0, 0.1) is 0 Å². The molecular formula is C24H29ClN2O5S. The van der Waals surface area contributed by atoms with Crippen molar-refractivity contribution in [2.75, 3.05) is 38.3 Å². The van der Waals surface area contributed by atoms with E-state index in [-0.39, 0.29) is 5.91 Å². The minimum Gasteiger partial charge on any atom is -0.493 e. The molecule has 2 aliphatic rings. The number of sulfonamides is 1. The molecule has 0 N–H and O–H groups in total. The molecule has 1 saturated heterocycles. The van der Waals surface area contributed by atoms with Crippen LogP contribution in [-0.4, -0.2) is 52.0 Å². The molecule has 33 heavy (non-hydrogen) atoms. The van der Waals surface area contributed by atoms with Crippen molar-refractivity contribution < 1.29 is 22.7 Å². The fourth-order valence-electron chi connectivity index (χ4n) is 4.35. The maximum Gasteiger partial charge on any atom is 0.258 e. The molecule has 2 aromatic carbocycles. The van der Waals surface area contributed by atoms with Gasteiger partial charge < -0.3 is 14.4 Å². The molecule has 0 aliphatic carbocycles. The number of carbonyl (C=O) groups is 1. The van der Waals surface area contributed by atoms with Crippen molar-refractivity contribution >= 4 is 33.2 Å². The van der Waals surface area contributed by atoms with Crippen molar-refractivity contribution in [2.45, 2.75) is 43.9 Å². The number of hydrogen-bond acceptors (Lipinski definition) is 5. The summed E-state index contributed by atoms with van der Waals surface area (Å²) in [6, 6.07) is 8.26. The molecule has 9 heteroatoms. The molecule has 1 fully saturated rings. The maximum atomic E-state index is 13.3. The van der Waals surface area contributed by atoms with Crippen LogP contribution in [0.25, 0.3) is 0 Å². The summed E-state index contributed by atoms with van der Waals surface area (Å²) in [4.78, 5) is 15.3. The number of fused-ring (bicyclic) bond motifs is 1. The van der Waals surface area contributed by atoms with Crippen molar-refractivity contribution in [2.24, 2.45) is 0 Å². The summed E-state index contributed by atoms with van der Waals surface area (Å²) >= 11 is 6.40. The third kappa shape index (κ3) is 4.69. The average Bonchev–Trinajstić information content (AvgIpc) is 3.26. The van der Waals surface area contributed by atoms with E-state index < -0.39 is 10.0 Å². The van der Waals surface area contributed by atoms with Crippen LogP contribution in [0.5, 0.6) is 11.5 Å². The molecule has 1 amide bonds. The Labute approximate surface area is 200 Å². The Morgan fingerprint density at radius 3 is 2.55 bits per heavy atom. The minimum atomic E-state index is -3.52. The van der Waals surface area contributed by atoms with Gasteiger partial charge in [0, 0.05) is 30.9 Å². The van der Waals surface area contributed by atoms with Gasteiger partial charge in [0.1, 0.15) is 0 Å². The first kappa shape index (κ1) is 23.9. The second-order valence-electron chi connectivity index (χ2n) is 8.30. The number of halogens is 1. The van der Waals surface area contributed by atoms with Gasteiger partial charge in [-0.3, -0.25) is 4.79 Å². The van der Waals surface area contributed by atoms with E-state index in [4.69, 9.17) is 21.1 Å². The van der Waals surface area contributed by atoms with E-state index in [1.165, 1.54) is 7.11 Å². The largest absolute Gasteiger partial charge is 0.493 e. The van der Waals surface area contributed by atoms with Crippen LogP contribution in [0.1, 0.15) is 48.5 Å². The number of anilines is 1. The first-order chi connectivity index (χ1) is 15.9. The molecule has 2 heterocycles. The molecule has 0 atom stereocenters.